The van der Waals surface area contributed by atoms with Crippen LogP contribution in [0.1, 0.15) is 41.7 Å². The SMILES string of the molecule is Cc1c(C(=O)NC2(CO)CCCC2)cnn1-c1ccc(F)cc1. The second-order valence-electron chi connectivity index (χ2n) is 6.13. The predicted molar refractivity (Wildman–Crippen MR) is 84.0 cm³/mol. The number of aromatic nitrogens is 2. The first-order valence-corrected chi connectivity index (χ1v) is 7.79. The number of rotatable bonds is 4. The lowest BCUT2D eigenvalue weighted by molar-refractivity contribution is 0.0838. The van der Waals surface area contributed by atoms with Crippen molar-refractivity contribution in [1.29, 1.82) is 0 Å². The number of nitrogens with one attached hydrogen (secondary N) is 1. The lowest BCUT2D eigenvalue weighted by Crippen LogP contribution is -2.49. The van der Waals surface area contributed by atoms with Crippen LogP contribution in [0.2, 0.25) is 0 Å². The van der Waals surface area contributed by atoms with Gasteiger partial charge in [0.2, 0.25) is 0 Å². The van der Waals surface area contributed by atoms with E-state index in [2.05, 4.69) is 10.4 Å². The van der Waals surface area contributed by atoms with Gasteiger partial charge in [-0.3, -0.25) is 4.79 Å². The van der Waals surface area contributed by atoms with Crippen LogP contribution in [0.5, 0.6) is 0 Å². The third-order valence-electron chi connectivity index (χ3n) is 4.57. The van der Waals surface area contributed by atoms with Gasteiger partial charge in [0.15, 0.2) is 0 Å². The number of amides is 1. The maximum absolute atomic E-state index is 13.0. The molecule has 2 aromatic rings. The molecule has 1 aliphatic rings. The highest BCUT2D eigenvalue weighted by atomic mass is 19.1. The van der Waals surface area contributed by atoms with Crippen molar-refractivity contribution in [3.8, 4) is 5.69 Å². The highest BCUT2D eigenvalue weighted by molar-refractivity contribution is 5.95. The van der Waals surface area contributed by atoms with Gasteiger partial charge in [-0.15, -0.1) is 0 Å². The summed E-state index contributed by atoms with van der Waals surface area (Å²) >= 11 is 0. The van der Waals surface area contributed by atoms with E-state index in [0.29, 0.717) is 16.9 Å². The Labute approximate surface area is 134 Å². The molecule has 2 N–H and O–H groups in total. The summed E-state index contributed by atoms with van der Waals surface area (Å²) in [5.41, 5.74) is 1.33. The minimum Gasteiger partial charge on any atom is -0.394 e. The van der Waals surface area contributed by atoms with E-state index in [0.717, 1.165) is 25.7 Å². The van der Waals surface area contributed by atoms with Gasteiger partial charge in [0.1, 0.15) is 5.82 Å². The quantitative estimate of drug-likeness (QED) is 0.909. The van der Waals surface area contributed by atoms with E-state index in [1.54, 1.807) is 23.7 Å². The molecule has 1 aromatic carbocycles. The lowest BCUT2D eigenvalue weighted by atomic mass is 9.98. The number of benzene rings is 1. The van der Waals surface area contributed by atoms with Crippen LogP contribution in [0.15, 0.2) is 30.5 Å². The number of halogens is 1. The van der Waals surface area contributed by atoms with Crippen LogP contribution in [0.25, 0.3) is 5.69 Å². The topological polar surface area (TPSA) is 67.2 Å². The van der Waals surface area contributed by atoms with Gasteiger partial charge in [0.05, 0.1) is 35.3 Å². The van der Waals surface area contributed by atoms with Crippen LogP contribution in [-0.2, 0) is 0 Å². The monoisotopic (exact) mass is 317 g/mol. The Balaban J connectivity index is 1.84. The van der Waals surface area contributed by atoms with Crippen molar-refractivity contribution < 1.29 is 14.3 Å². The zero-order chi connectivity index (χ0) is 16.4. The molecule has 6 heteroatoms. The van der Waals surface area contributed by atoms with Crippen molar-refractivity contribution in [3.63, 3.8) is 0 Å². The highest BCUT2D eigenvalue weighted by Crippen LogP contribution is 2.29. The molecule has 122 valence electrons. The summed E-state index contributed by atoms with van der Waals surface area (Å²) in [5.74, 6) is -0.547. The molecule has 0 unspecified atom stereocenters. The van der Waals surface area contributed by atoms with E-state index < -0.39 is 5.54 Å². The minimum absolute atomic E-state index is 0.0517. The van der Waals surface area contributed by atoms with Crippen LogP contribution in [0, 0.1) is 12.7 Å². The van der Waals surface area contributed by atoms with Crippen LogP contribution in [0.4, 0.5) is 4.39 Å². The van der Waals surface area contributed by atoms with Crippen molar-refractivity contribution in [3.05, 3.63) is 47.5 Å². The first kappa shape index (κ1) is 15.7. The summed E-state index contributed by atoms with van der Waals surface area (Å²) in [6.45, 7) is 1.75. The number of carbonyl (C=O) groups is 1. The third kappa shape index (κ3) is 2.99. The lowest BCUT2D eigenvalue weighted by Gasteiger charge is -2.27. The average molecular weight is 317 g/mol. The normalized spacial score (nSPS) is 16.5. The standard InChI is InChI=1S/C17H20FN3O2/c1-12-15(16(23)20-17(11-22)8-2-3-9-17)10-19-21(12)14-6-4-13(18)5-7-14/h4-7,10,22H,2-3,8-9,11H2,1H3,(H,20,23). The van der Waals surface area contributed by atoms with E-state index in [1.165, 1.54) is 18.3 Å². The van der Waals surface area contributed by atoms with Gasteiger partial charge in [0.25, 0.3) is 5.91 Å². The molecule has 0 aliphatic heterocycles. The Morgan fingerprint density at radius 2 is 2.00 bits per heavy atom. The smallest absolute Gasteiger partial charge is 0.255 e. The summed E-state index contributed by atoms with van der Waals surface area (Å²) in [6.07, 6.45) is 5.11. The molecule has 3 rings (SSSR count). The van der Waals surface area contributed by atoms with Gasteiger partial charge < -0.3 is 10.4 Å². The molecule has 0 bridgehead atoms. The third-order valence-corrected chi connectivity index (χ3v) is 4.57. The summed E-state index contributed by atoms with van der Waals surface area (Å²) in [6, 6.07) is 5.94. The van der Waals surface area contributed by atoms with Crippen molar-refractivity contribution in [1.82, 2.24) is 15.1 Å². The molecular weight excluding hydrogens is 297 g/mol. The highest BCUT2D eigenvalue weighted by Gasteiger charge is 2.35. The molecule has 0 radical (unpaired) electrons. The Hall–Kier alpha value is -2.21. The Bertz CT molecular complexity index is 703. The molecule has 1 aliphatic carbocycles. The first-order valence-electron chi connectivity index (χ1n) is 7.79. The number of aliphatic hydroxyl groups excluding tert-OH is 1. The second-order valence-corrected chi connectivity index (χ2v) is 6.13. The van der Waals surface area contributed by atoms with Crippen LogP contribution >= 0.6 is 0 Å². The van der Waals surface area contributed by atoms with Crippen molar-refractivity contribution in [2.24, 2.45) is 0 Å². The molecule has 0 saturated heterocycles. The molecule has 1 saturated carbocycles. The zero-order valence-electron chi connectivity index (χ0n) is 13.1. The van der Waals surface area contributed by atoms with E-state index in [9.17, 15) is 14.3 Å². The first-order chi connectivity index (χ1) is 11.0. The summed E-state index contributed by atoms with van der Waals surface area (Å²) in [4.78, 5) is 12.5. The largest absolute Gasteiger partial charge is 0.394 e. The van der Waals surface area contributed by atoms with Crippen molar-refractivity contribution in [2.45, 2.75) is 38.1 Å². The van der Waals surface area contributed by atoms with Crippen LogP contribution in [-0.4, -0.2) is 32.9 Å². The van der Waals surface area contributed by atoms with Gasteiger partial charge in [-0.1, -0.05) is 12.8 Å². The van der Waals surface area contributed by atoms with E-state index in [1.807, 2.05) is 0 Å². The Morgan fingerprint density at radius 1 is 1.35 bits per heavy atom. The van der Waals surface area contributed by atoms with Crippen molar-refractivity contribution >= 4 is 5.91 Å². The van der Waals surface area contributed by atoms with Gasteiger partial charge >= 0.3 is 0 Å². The van der Waals surface area contributed by atoms with Gasteiger partial charge in [-0.25, -0.2) is 9.07 Å². The van der Waals surface area contributed by atoms with Crippen LogP contribution in [0.3, 0.4) is 0 Å². The number of hydrogen-bond donors (Lipinski definition) is 2. The molecule has 5 nitrogen and oxygen atoms in total. The molecule has 23 heavy (non-hydrogen) atoms. The van der Waals surface area contributed by atoms with Crippen LogP contribution < -0.4 is 5.32 Å². The van der Waals surface area contributed by atoms with E-state index in [4.69, 9.17) is 0 Å². The van der Waals surface area contributed by atoms with Crippen molar-refractivity contribution in [2.75, 3.05) is 6.61 Å². The second kappa shape index (κ2) is 6.12. The van der Waals surface area contributed by atoms with Gasteiger partial charge in [-0.2, -0.15) is 5.10 Å². The van der Waals surface area contributed by atoms with E-state index >= 15 is 0 Å². The molecule has 1 fully saturated rings. The number of carbonyl (C=O) groups excluding carboxylic acids is 1. The minimum atomic E-state index is -0.512. The van der Waals surface area contributed by atoms with E-state index in [-0.39, 0.29) is 18.3 Å². The molecule has 1 amide bonds. The molecule has 0 atom stereocenters. The fraction of sp³-hybridized carbons (Fsp3) is 0.412. The molecular formula is C17H20FN3O2. The molecule has 1 heterocycles. The fourth-order valence-corrected chi connectivity index (χ4v) is 3.16. The maximum Gasteiger partial charge on any atom is 0.255 e. The number of hydrogen-bond acceptors (Lipinski definition) is 3. The average Bonchev–Trinajstić information content (AvgIpc) is 3.16. The molecule has 1 aromatic heterocycles. The summed E-state index contributed by atoms with van der Waals surface area (Å²) in [5, 5.41) is 16.8. The zero-order valence-corrected chi connectivity index (χ0v) is 13.1. The summed E-state index contributed by atoms with van der Waals surface area (Å²) in [7, 11) is 0. The maximum atomic E-state index is 13.0. The Morgan fingerprint density at radius 3 is 2.61 bits per heavy atom. The molecule has 0 spiro atoms. The summed E-state index contributed by atoms with van der Waals surface area (Å²) < 4.78 is 14.6. The van der Waals surface area contributed by atoms with Gasteiger partial charge in [0, 0.05) is 0 Å². The number of nitrogens with zero attached hydrogens (tertiary/aromatic N) is 2. The Kier molecular flexibility index (Phi) is 4.17. The number of aliphatic hydroxyl groups is 1. The predicted octanol–water partition coefficient (Wildman–Crippen LogP) is 2.35. The van der Waals surface area contributed by atoms with Gasteiger partial charge in [-0.05, 0) is 44.0 Å². The fourth-order valence-electron chi connectivity index (χ4n) is 3.16.